The molecule has 4 rings (SSSR count). The van der Waals surface area contributed by atoms with Crippen molar-refractivity contribution >= 4 is 33.4 Å². The zero-order valence-electron chi connectivity index (χ0n) is 18.1. The van der Waals surface area contributed by atoms with Crippen LogP contribution in [-0.2, 0) is 16.4 Å². The van der Waals surface area contributed by atoms with E-state index in [1.54, 1.807) is 12.1 Å². The summed E-state index contributed by atoms with van der Waals surface area (Å²) in [5.74, 6) is -0.436. The number of nitrogens with zero attached hydrogens (tertiary/aromatic N) is 1. The second-order valence-corrected chi connectivity index (χ2v) is 10.3. The largest absolute Gasteiger partial charge is 0.478 e. The molecular formula is C26H22N2O4S2. The summed E-state index contributed by atoms with van der Waals surface area (Å²) in [6.45, 7) is 0. The third kappa shape index (κ3) is 5.84. The lowest BCUT2D eigenvalue weighted by Crippen LogP contribution is -2.16. The van der Waals surface area contributed by atoms with Gasteiger partial charge in [0.05, 0.1) is 16.9 Å². The molecule has 172 valence electrons. The Morgan fingerprint density at radius 1 is 0.912 bits per heavy atom. The van der Waals surface area contributed by atoms with Crippen LogP contribution in [0.3, 0.4) is 0 Å². The van der Waals surface area contributed by atoms with Gasteiger partial charge in [-0.15, -0.1) is 11.8 Å². The summed E-state index contributed by atoms with van der Waals surface area (Å²) in [5, 5.41) is 9.67. The smallest absolute Gasteiger partial charge is 0.337 e. The van der Waals surface area contributed by atoms with Crippen molar-refractivity contribution in [2.75, 3.05) is 10.5 Å². The zero-order valence-corrected chi connectivity index (χ0v) is 19.7. The Balaban J connectivity index is 1.49. The normalized spacial score (nSPS) is 11.2. The maximum absolute atomic E-state index is 12.9. The van der Waals surface area contributed by atoms with E-state index >= 15 is 0 Å². The number of pyridine rings is 1. The van der Waals surface area contributed by atoms with Gasteiger partial charge in [-0.05, 0) is 42.3 Å². The predicted octanol–water partition coefficient (Wildman–Crippen LogP) is 5.58. The van der Waals surface area contributed by atoms with E-state index in [1.807, 2.05) is 60.7 Å². The summed E-state index contributed by atoms with van der Waals surface area (Å²) < 4.78 is 28.2. The molecular weight excluding hydrogens is 468 g/mol. The zero-order chi connectivity index (χ0) is 24.0. The average Bonchev–Trinajstić information content (AvgIpc) is 2.86. The number of aryl methyl sites for hydroxylation is 1. The van der Waals surface area contributed by atoms with Gasteiger partial charge in [0.25, 0.3) is 10.0 Å². The highest BCUT2D eigenvalue weighted by molar-refractivity contribution is 7.99. The van der Waals surface area contributed by atoms with Crippen molar-refractivity contribution in [3.05, 3.63) is 108 Å². The van der Waals surface area contributed by atoms with Crippen LogP contribution in [-0.4, -0.2) is 30.2 Å². The van der Waals surface area contributed by atoms with Crippen molar-refractivity contribution in [3.8, 4) is 11.3 Å². The van der Waals surface area contributed by atoms with E-state index in [9.17, 15) is 18.3 Å². The van der Waals surface area contributed by atoms with Crippen molar-refractivity contribution in [3.63, 3.8) is 0 Å². The van der Waals surface area contributed by atoms with Gasteiger partial charge in [-0.25, -0.2) is 13.2 Å². The third-order valence-corrected chi connectivity index (χ3v) is 7.43. The number of carbonyl (C=O) groups is 1. The first kappa shape index (κ1) is 23.5. The Kier molecular flexibility index (Phi) is 7.30. The second kappa shape index (κ2) is 10.5. The number of nitrogens with one attached hydrogen (secondary N) is 1. The topological polar surface area (TPSA) is 96.4 Å². The maximum Gasteiger partial charge on any atom is 0.337 e. The van der Waals surface area contributed by atoms with E-state index in [-0.39, 0.29) is 16.1 Å². The molecule has 0 aliphatic heterocycles. The van der Waals surface area contributed by atoms with Gasteiger partial charge < -0.3 is 5.11 Å². The van der Waals surface area contributed by atoms with Gasteiger partial charge in [-0.1, -0.05) is 60.7 Å². The molecule has 0 radical (unpaired) electrons. The van der Waals surface area contributed by atoms with E-state index in [1.165, 1.54) is 41.7 Å². The minimum atomic E-state index is -4.02. The van der Waals surface area contributed by atoms with Crippen LogP contribution in [0, 0.1) is 0 Å². The summed E-state index contributed by atoms with van der Waals surface area (Å²) in [6.07, 6.45) is 2.10. The molecule has 0 saturated carbocycles. The fourth-order valence-electron chi connectivity index (χ4n) is 3.33. The van der Waals surface area contributed by atoms with E-state index in [0.29, 0.717) is 5.69 Å². The standard InChI is InChI=1S/C26H22N2O4S2/c29-26(30)23-17-21(33-16-15-19-7-3-1-4-8-19)11-13-25(23)28-34(31,32)22-12-14-24(27-18-22)20-9-5-2-6-10-20/h1-14,17-18,28H,15-16H2,(H,29,30). The fraction of sp³-hybridized carbons (Fsp3) is 0.0769. The number of benzene rings is 3. The van der Waals surface area contributed by atoms with Crippen LogP contribution in [0.4, 0.5) is 5.69 Å². The molecule has 8 heteroatoms. The van der Waals surface area contributed by atoms with Crippen LogP contribution >= 0.6 is 11.8 Å². The Morgan fingerprint density at radius 2 is 1.62 bits per heavy atom. The van der Waals surface area contributed by atoms with E-state index in [0.717, 1.165) is 22.6 Å². The highest BCUT2D eigenvalue weighted by Crippen LogP contribution is 2.27. The summed E-state index contributed by atoms with van der Waals surface area (Å²) in [7, 11) is -4.02. The molecule has 3 aromatic carbocycles. The Labute approximate surface area is 202 Å². The van der Waals surface area contributed by atoms with Crippen LogP contribution < -0.4 is 4.72 Å². The van der Waals surface area contributed by atoms with Gasteiger partial charge in [0.15, 0.2) is 0 Å². The predicted molar refractivity (Wildman–Crippen MR) is 135 cm³/mol. The highest BCUT2D eigenvalue weighted by atomic mass is 32.2. The van der Waals surface area contributed by atoms with Crippen LogP contribution in [0.5, 0.6) is 0 Å². The molecule has 0 spiro atoms. The van der Waals surface area contributed by atoms with Gasteiger partial charge in [-0.2, -0.15) is 0 Å². The van der Waals surface area contributed by atoms with Crippen LogP contribution in [0.25, 0.3) is 11.3 Å². The summed E-state index contributed by atoms with van der Waals surface area (Å²) >= 11 is 1.52. The molecule has 0 saturated heterocycles. The van der Waals surface area contributed by atoms with Crippen molar-refractivity contribution < 1.29 is 18.3 Å². The number of aromatic carboxylic acids is 1. The number of hydrogen-bond donors (Lipinski definition) is 2. The minimum Gasteiger partial charge on any atom is -0.478 e. The van der Waals surface area contributed by atoms with Gasteiger partial charge in [0, 0.05) is 22.4 Å². The molecule has 0 aliphatic carbocycles. The van der Waals surface area contributed by atoms with E-state index < -0.39 is 16.0 Å². The minimum absolute atomic E-state index is 0.00652. The van der Waals surface area contributed by atoms with Gasteiger partial charge in [0.1, 0.15) is 4.90 Å². The Hall–Kier alpha value is -3.62. The summed E-state index contributed by atoms with van der Waals surface area (Å²) in [6, 6.07) is 27.2. The number of anilines is 1. The molecule has 1 aromatic heterocycles. The van der Waals surface area contributed by atoms with Crippen molar-refractivity contribution in [2.24, 2.45) is 0 Å². The van der Waals surface area contributed by atoms with Gasteiger partial charge >= 0.3 is 5.97 Å². The van der Waals surface area contributed by atoms with Crippen LogP contribution in [0.2, 0.25) is 0 Å². The molecule has 4 aromatic rings. The van der Waals surface area contributed by atoms with Crippen LogP contribution in [0.1, 0.15) is 15.9 Å². The number of thioether (sulfide) groups is 1. The lowest BCUT2D eigenvalue weighted by Gasteiger charge is -2.12. The lowest BCUT2D eigenvalue weighted by molar-refractivity contribution is 0.0697. The van der Waals surface area contributed by atoms with Crippen LogP contribution in [0.15, 0.2) is 107 Å². The first-order valence-electron chi connectivity index (χ1n) is 10.5. The fourth-order valence-corrected chi connectivity index (χ4v) is 5.30. The monoisotopic (exact) mass is 490 g/mol. The third-order valence-electron chi connectivity index (χ3n) is 5.08. The van der Waals surface area contributed by atoms with Gasteiger partial charge in [-0.3, -0.25) is 9.71 Å². The Bertz CT molecular complexity index is 1380. The molecule has 1 heterocycles. The van der Waals surface area contributed by atoms with E-state index in [4.69, 9.17) is 0 Å². The summed E-state index contributed by atoms with van der Waals surface area (Å²) in [4.78, 5) is 16.8. The molecule has 2 N–H and O–H groups in total. The number of carboxylic acid groups (broad SMARTS) is 1. The lowest BCUT2D eigenvalue weighted by atomic mass is 10.1. The molecule has 0 fully saturated rings. The first-order chi connectivity index (χ1) is 16.4. The average molecular weight is 491 g/mol. The van der Waals surface area contributed by atoms with E-state index in [2.05, 4.69) is 9.71 Å². The molecule has 0 bridgehead atoms. The van der Waals surface area contributed by atoms with Gasteiger partial charge in [0.2, 0.25) is 0 Å². The maximum atomic E-state index is 12.9. The van der Waals surface area contributed by atoms with Crippen molar-refractivity contribution in [1.29, 1.82) is 0 Å². The Morgan fingerprint density at radius 3 is 2.26 bits per heavy atom. The SMILES string of the molecule is O=C(O)c1cc(SCCc2ccccc2)ccc1NS(=O)(=O)c1ccc(-c2ccccc2)nc1. The number of hydrogen-bond acceptors (Lipinski definition) is 5. The summed E-state index contributed by atoms with van der Waals surface area (Å²) in [5.41, 5.74) is 2.61. The molecule has 0 unspecified atom stereocenters. The molecule has 0 aliphatic rings. The molecule has 0 amide bonds. The number of carboxylic acids is 1. The first-order valence-corrected chi connectivity index (χ1v) is 13.0. The quantitative estimate of drug-likeness (QED) is 0.297. The van der Waals surface area contributed by atoms with Crippen molar-refractivity contribution in [2.45, 2.75) is 16.2 Å². The number of sulfonamides is 1. The number of rotatable bonds is 9. The van der Waals surface area contributed by atoms with Crippen molar-refractivity contribution in [1.82, 2.24) is 4.98 Å². The molecule has 0 atom stereocenters. The number of aromatic nitrogens is 1. The molecule has 6 nitrogen and oxygen atoms in total. The highest BCUT2D eigenvalue weighted by Gasteiger charge is 2.20. The second-order valence-electron chi connectivity index (χ2n) is 7.45. The molecule has 34 heavy (non-hydrogen) atoms.